The lowest BCUT2D eigenvalue weighted by Crippen LogP contribution is -2.32. The fourth-order valence-corrected chi connectivity index (χ4v) is 7.67. The fourth-order valence-electron chi connectivity index (χ4n) is 6.28. The van der Waals surface area contributed by atoms with Crippen molar-refractivity contribution in [3.63, 3.8) is 0 Å². The summed E-state index contributed by atoms with van der Waals surface area (Å²) in [6, 6.07) is 14.1. The van der Waals surface area contributed by atoms with Crippen LogP contribution in [0.2, 0.25) is 0 Å². The summed E-state index contributed by atoms with van der Waals surface area (Å²) < 4.78 is 35.1. The van der Waals surface area contributed by atoms with E-state index in [1.165, 1.54) is 29.0 Å². The summed E-state index contributed by atoms with van der Waals surface area (Å²) >= 11 is 5.07. The zero-order valence-corrected chi connectivity index (χ0v) is 30.3. The van der Waals surface area contributed by atoms with Crippen LogP contribution in [0, 0.1) is 26.6 Å². The van der Waals surface area contributed by atoms with E-state index >= 15 is 0 Å². The van der Waals surface area contributed by atoms with E-state index in [-0.39, 0.29) is 17.9 Å². The molecular weight excluding hydrogens is 695 g/mol. The van der Waals surface area contributed by atoms with Gasteiger partial charge in [-0.1, -0.05) is 48.5 Å². The van der Waals surface area contributed by atoms with Crippen molar-refractivity contribution in [1.29, 1.82) is 0 Å². The standard InChI is InChI=1S/C37H40BrFN4O4S/c1-21-15-23(3)27(16-22(21)2)19-46-34-29(38)17-26(18-31(34)45-5)33-32(35(44)47-28-12-7-6-8-13-28)24(4)40-36-41-37(42-43(33)36)48-20-25-11-9-10-14-30(25)39/h9-11,14-18,28,33H,6-8,12-13,19-20H2,1-5H3,(H,40,41,42). The van der Waals surface area contributed by atoms with Gasteiger partial charge in [-0.3, -0.25) is 0 Å². The summed E-state index contributed by atoms with van der Waals surface area (Å²) in [5.74, 6) is 1.23. The summed E-state index contributed by atoms with van der Waals surface area (Å²) in [5, 5.41) is 8.56. The van der Waals surface area contributed by atoms with Crippen molar-refractivity contribution in [1.82, 2.24) is 14.8 Å². The normalized spacial score (nSPS) is 16.4. The maximum absolute atomic E-state index is 14.4. The first-order valence-corrected chi connectivity index (χ1v) is 18.0. The molecule has 1 fully saturated rings. The highest BCUT2D eigenvalue weighted by atomic mass is 79.9. The minimum atomic E-state index is -0.672. The van der Waals surface area contributed by atoms with E-state index in [4.69, 9.17) is 24.3 Å². The van der Waals surface area contributed by atoms with Gasteiger partial charge < -0.3 is 19.5 Å². The van der Waals surface area contributed by atoms with Gasteiger partial charge in [0.15, 0.2) is 11.5 Å². The number of anilines is 1. The van der Waals surface area contributed by atoms with Crippen molar-refractivity contribution >= 4 is 39.6 Å². The third-order valence-corrected chi connectivity index (χ3v) is 10.6. The summed E-state index contributed by atoms with van der Waals surface area (Å²) in [5.41, 5.74) is 7.06. The molecule has 4 aromatic rings. The Morgan fingerprint density at radius 3 is 2.52 bits per heavy atom. The van der Waals surface area contributed by atoms with Gasteiger partial charge in [0.1, 0.15) is 24.6 Å². The smallest absolute Gasteiger partial charge is 0.338 e. The number of nitrogens with zero attached hydrogens (tertiary/aromatic N) is 3. The molecule has 2 heterocycles. The molecule has 1 unspecified atom stereocenters. The Morgan fingerprint density at radius 2 is 1.77 bits per heavy atom. The second kappa shape index (κ2) is 14.7. The van der Waals surface area contributed by atoms with E-state index in [0.29, 0.717) is 56.3 Å². The zero-order valence-electron chi connectivity index (χ0n) is 27.9. The average Bonchev–Trinajstić information content (AvgIpc) is 3.47. The van der Waals surface area contributed by atoms with Crippen molar-refractivity contribution in [3.05, 3.63) is 103 Å². The lowest BCUT2D eigenvalue weighted by Gasteiger charge is -2.30. The van der Waals surface area contributed by atoms with Crippen LogP contribution in [-0.4, -0.2) is 33.9 Å². The topological polar surface area (TPSA) is 87.5 Å². The Hall–Kier alpha value is -3.83. The minimum Gasteiger partial charge on any atom is -0.493 e. The van der Waals surface area contributed by atoms with Crippen molar-refractivity contribution in [3.8, 4) is 11.5 Å². The molecule has 252 valence electrons. The number of ether oxygens (including phenoxy) is 3. The molecule has 1 saturated carbocycles. The Bertz CT molecular complexity index is 1870. The first-order valence-electron chi connectivity index (χ1n) is 16.2. The number of aromatic nitrogens is 3. The van der Waals surface area contributed by atoms with Crippen molar-refractivity contribution in [2.24, 2.45) is 0 Å². The van der Waals surface area contributed by atoms with Crippen LogP contribution in [0.5, 0.6) is 11.5 Å². The summed E-state index contributed by atoms with van der Waals surface area (Å²) in [7, 11) is 1.60. The molecule has 48 heavy (non-hydrogen) atoms. The molecule has 1 atom stereocenters. The second-order valence-electron chi connectivity index (χ2n) is 12.5. The molecule has 2 aliphatic rings. The van der Waals surface area contributed by atoms with E-state index in [9.17, 15) is 9.18 Å². The molecule has 1 N–H and O–H groups in total. The number of rotatable bonds is 10. The molecule has 0 amide bonds. The van der Waals surface area contributed by atoms with E-state index in [1.54, 1.807) is 30.0 Å². The van der Waals surface area contributed by atoms with Gasteiger partial charge in [-0.05, 0) is 121 Å². The van der Waals surface area contributed by atoms with Gasteiger partial charge in [-0.2, -0.15) is 4.98 Å². The molecule has 0 radical (unpaired) electrons. The van der Waals surface area contributed by atoms with Gasteiger partial charge in [0.05, 0.1) is 17.2 Å². The van der Waals surface area contributed by atoms with Crippen LogP contribution >= 0.6 is 27.7 Å². The van der Waals surface area contributed by atoms with Gasteiger partial charge >= 0.3 is 5.97 Å². The number of halogens is 2. The maximum Gasteiger partial charge on any atom is 0.338 e. The molecule has 6 rings (SSSR count). The largest absolute Gasteiger partial charge is 0.493 e. The van der Waals surface area contributed by atoms with Gasteiger partial charge in [-0.15, -0.1) is 5.10 Å². The third-order valence-electron chi connectivity index (χ3n) is 9.09. The molecule has 0 saturated heterocycles. The number of hydrogen-bond acceptors (Lipinski definition) is 8. The van der Waals surface area contributed by atoms with E-state index in [2.05, 4.69) is 54.2 Å². The number of carbonyl (C=O) groups excluding carboxylic acids is 1. The number of methoxy groups -OCH3 is 1. The van der Waals surface area contributed by atoms with Crippen LogP contribution in [-0.2, 0) is 21.9 Å². The lowest BCUT2D eigenvalue weighted by atomic mass is 9.94. The van der Waals surface area contributed by atoms with Gasteiger partial charge in [0.25, 0.3) is 0 Å². The number of nitrogens with one attached hydrogen (secondary N) is 1. The highest BCUT2D eigenvalue weighted by Gasteiger charge is 2.37. The van der Waals surface area contributed by atoms with E-state index < -0.39 is 6.04 Å². The van der Waals surface area contributed by atoms with E-state index in [0.717, 1.165) is 48.8 Å². The second-order valence-corrected chi connectivity index (χ2v) is 14.3. The van der Waals surface area contributed by atoms with Gasteiger partial charge in [0.2, 0.25) is 11.1 Å². The molecule has 0 bridgehead atoms. The quantitative estimate of drug-likeness (QED) is 0.128. The maximum atomic E-state index is 14.4. The first-order chi connectivity index (χ1) is 23.1. The zero-order chi connectivity index (χ0) is 33.9. The molecule has 1 aromatic heterocycles. The van der Waals surface area contributed by atoms with Crippen molar-refractivity contribution in [2.45, 2.75) is 89.5 Å². The third kappa shape index (κ3) is 7.27. The number of allylic oxidation sites excluding steroid dienone is 1. The van der Waals surface area contributed by atoms with Crippen LogP contribution in [0.4, 0.5) is 10.3 Å². The Kier molecular flexibility index (Phi) is 10.5. The number of fused-ring (bicyclic) bond motifs is 1. The van der Waals surface area contributed by atoms with Crippen LogP contribution < -0.4 is 14.8 Å². The summed E-state index contributed by atoms with van der Waals surface area (Å²) in [4.78, 5) is 18.7. The highest BCUT2D eigenvalue weighted by Crippen LogP contribution is 2.44. The number of hydrogen-bond donors (Lipinski definition) is 1. The van der Waals surface area contributed by atoms with Crippen LogP contribution in [0.3, 0.4) is 0 Å². The van der Waals surface area contributed by atoms with E-state index in [1.807, 2.05) is 19.1 Å². The molecule has 8 nitrogen and oxygen atoms in total. The van der Waals surface area contributed by atoms with Crippen molar-refractivity contribution < 1.29 is 23.4 Å². The molecule has 3 aromatic carbocycles. The Balaban J connectivity index is 1.35. The predicted molar refractivity (Wildman–Crippen MR) is 189 cm³/mol. The number of benzene rings is 3. The number of aryl methyl sites for hydroxylation is 3. The number of carbonyl (C=O) groups is 1. The number of thioether (sulfide) groups is 1. The van der Waals surface area contributed by atoms with Crippen LogP contribution in [0.1, 0.15) is 78.5 Å². The number of esters is 1. The molecular formula is C37H40BrFN4O4S. The lowest BCUT2D eigenvalue weighted by molar-refractivity contribution is -0.146. The Labute approximate surface area is 293 Å². The van der Waals surface area contributed by atoms with Gasteiger partial charge in [0, 0.05) is 11.4 Å². The molecule has 11 heteroatoms. The predicted octanol–water partition coefficient (Wildman–Crippen LogP) is 9.15. The molecule has 0 spiro atoms. The fraction of sp³-hybridized carbons (Fsp3) is 0.378. The minimum absolute atomic E-state index is 0.123. The Morgan fingerprint density at radius 1 is 1.02 bits per heavy atom. The highest BCUT2D eigenvalue weighted by molar-refractivity contribution is 9.10. The molecule has 1 aliphatic heterocycles. The average molecular weight is 736 g/mol. The monoisotopic (exact) mass is 734 g/mol. The molecule has 1 aliphatic carbocycles. The first kappa shape index (κ1) is 34.0. The van der Waals surface area contributed by atoms with Crippen LogP contribution in [0.25, 0.3) is 0 Å². The van der Waals surface area contributed by atoms with Gasteiger partial charge in [-0.25, -0.2) is 13.9 Å². The van der Waals surface area contributed by atoms with Crippen molar-refractivity contribution in [2.75, 3.05) is 12.4 Å². The van der Waals surface area contributed by atoms with Crippen LogP contribution in [0.15, 0.2) is 69.4 Å². The summed E-state index contributed by atoms with van der Waals surface area (Å²) in [6.07, 6.45) is 4.82. The SMILES string of the molecule is COc1cc(C2C(C(=O)OC3CCCCC3)=C(C)Nc3nc(SCc4ccccc4F)nn32)cc(Br)c1OCc1cc(C)c(C)cc1C. The summed E-state index contributed by atoms with van der Waals surface area (Å²) in [6.45, 7) is 8.50.